The Balaban J connectivity index is 1.99. The number of hydrogen-bond donors (Lipinski definition) is 1. The molecule has 0 unspecified atom stereocenters. The number of fused-ring (bicyclic) bond motifs is 1. The van der Waals surface area contributed by atoms with E-state index in [1.165, 1.54) is 4.57 Å². The lowest BCUT2D eigenvalue weighted by Crippen LogP contribution is -2.19. The summed E-state index contributed by atoms with van der Waals surface area (Å²) in [6.07, 6.45) is 0. The van der Waals surface area contributed by atoms with E-state index in [0.29, 0.717) is 22.5 Å². The predicted octanol–water partition coefficient (Wildman–Crippen LogP) is 2.45. The maximum atomic E-state index is 12.6. The van der Waals surface area contributed by atoms with Crippen LogP contribution in [0.5, 0.6) is 5.75 Å². The molecule has 1 amide bonds. The highest BCUT2D eigenvalue weighted by molar-refractivity contribution is 6.06. The van der Waals surface area contributed by atoms with Gasteiger partial charge in [-0.3, -0.25) is 13.9 Å². The van der Waals surface area contributed by atoms with Gasteiger partial charge in [-0.25, -0.2) is 4.79 Å². The molecule has 6 heteroatoms. The van der Waals surface area contributed by atoms with E-state index in [0.717, 1.165) is 11.1 Å². The number of benzene rings is 2. The van der Waals surface area contributed by atoms with Crippen LogP contribution in [0.2, 0.25) is 0 Å². The summed E-state index contributed by atoms with van der Waals surface area (Å²) in [5.41, 5.74) is 3.49. The standard InChI is InChI=1S/C18H19N3O3/c1-11-5-8-16(24-4)13(9-11)19-17(22)12-6-7-14-15(10-12)21(3)18(23)20(14)2/h5-10H,1-4H3,(H,19,22). The maximum absolute atomic E-state index is 12.6. The molecule has 0 aliphatic heterocycles. The molecule has 6 nitrogen and oxygen atoms in total. The second-order valence-electron chi connectivity index (χ2n) is 5.76. The number of nitrogens with zero attached hydrogens (tertiary/aromatic N) is 2. The van der Waals surface area contributed by atoms with Gasteiger partial charge in [-0.05, 0) is 42.8 Å². The average molecular weight is 325 g/mol. The number of ether oxygens (including phenoxy) is 1. The molecule has 1 N–H and O–H groups in total. The molecule has 3 aromatic rings. The molecule has 0 radical (unpaired) electrons. The molecule has 0 aliphatic rings. The molecule has 1 heterocycles. The van der Waals surface area contributed by atoms with Crippen molar-refractivity contribution >= 4 is 22.6 Å². The van der Waals surface area contributed by atoms with E-state index in [-0.39, 0.29) is 11.6 Å². The Morgan fingerprint density at radius 3 is 2.46 bits per heavy atom. The van der Waals surface area contributed by atoms with Crippen molar-refractivity contribution < 1.29 is 9.53 Å². The lowest BCUT2D eigenvalue weighted by atomic mass is 10.1. The zero-order valence-corrected chi connectivity index (χ0v) is 14.1. The van der Waals surface area contributed by atoms with Gasteiger partial charge in [0.2, 0.25) is 0 Å². The Kier molecular flexibility index (Phi) is 3.89. The van der Waals surface area contributed by atoms with Gasteiger partial charge in [0.25, 0.3) is 5.91 Å². The van der Waals surface area contributed by atoms with E-state index >= 15 is 0 Å². The summed E-state index contributed by atoms with van der Waals surface area (Å²) in [5, 5.41) is 2.87. The third-order valence-electron chi connectivity index (χ3n) is 4.14. The third kappa shape index (κ3) is 2.56. The number of nitrogens with one attached hydrogen (secondary N) is 1. The summed E-state index contributed by atoms with van der Waals surface area (Å²) < 4.78 is 8.37. The number of anilines is 1. The molecule has 0 aliphatic carbocycles. The van der Waals surface area contributed by atoms with Crippen molar-refractivity contribution in [3.05, 3.63) is 58.0 Å². The van der Waals surface area contributed by atoms with Crippen molar-refractivity contribution in [3.8, 4) is 5.75 Å². The molecule has 0 saturated heterocycles. The zero-order valence-electron chi connectivity index (χ0n) is 14.1. The number of rotatable bonds is 3. The average Bonchev–Trinajstić information content (AvgIpc) is 2.79. The van der Waals surface area contributed by atoms with Crippen LogP contribution in [0.1, 0.15) is 15.9 Å². The topological polar surface area (TPSA) is 65.3 Å². The van der Waals surface area contributed by atoms with Gasteiger partial charge in [0.05, 0.1) is 23.8 Å². The molecule has 0 atom stereocenters. The lowest BCUT2D eigenvalue weighted by Gasteiger charge is -2.11. The molecule has 0 bridgehead atoms. The number of methoxy groups -OCH3 is 1. The molecular formula is C18H19N3O3. The van der Waals surface area contributed by atoms with Crippen molar-refractivity contribution in [3.63, 3.8) is 0 Å². The normalized spacial score (nSPS) is 10.8. The maximum Gasteiger partial charge on any atom is 0.328 e. The summed E-state index contributed by atoms with van der Waals surface area (Å²) >= 11 is 0. The first kappa shape index (κ1) is 15.9. The van der Waals surface area contributed by atoms with Gasteiger partial charge in [0.15, 0.2) is 0 Å². The van der Waals surface area contributed by atoms with E-state index in [9.17, 15) is 9.59 Å². The van der Waals surface area contributed by atoms with Gasteiger partial charge >= 0.3 is 5.69 Å². The number of amides is 1. The van der Waals surface area contributed by atoms with E-state index in [4.69, 9.17) is 4.74 Å². The molecule has 0 saturated carbocycles. The minimum atomic E-state index is -0.253. The number of hydrogen-bond acceptors (Lipinski definition) is 3. The molecule has 2 aromatic carbocycles. The Bertz CT molecular complexity index is 999. The van der Waals surface area contributed by atoms with Crippen molar-refractivity contribution in [1.29, 1.82) is 0 Å². The van der Waals surface area contributed by atoms with Crippen molar-refractivity contribution in [2.24, 2.45) is 14.1 Å². The summed E-state index contributed by atoms with van der Waals surface area (Å²) in [6, 6.07) is 10.8. The van der Waals surface area contributed by atoms with Crippen LogP contribution in [-0.4, -0.2) is 22.2 Å². The van der Waals surface area contributed by atoms with Crippen LogP contribution in [0, 0.1) is 6.92 Å². The molecule has 0 spiro atoms. The number of imidazole rings is 1. The summed E-state index contributed by atoms with van der Waals surface area (Å²) in [6.45, 7) is 1.95. The largest absolute Gasteiger partial charge is 0.495 e. The van der Waals surface area contributed by atoms with Crippen LogP contribution in [0.25, 0.3) is 11.0 Å². The monoisotopic (exact) mass is 325 g/mol. The smallest absolute Gasteiger partial charge is 0.328 e. The highest BCUT2D eigenvalue weighted by Gasteiger charge is 2.13. The van der Waals surface area contributed by atoms with E-state index in [1.54, 1.807) is 44.0 Å². The summed E-state index contributed by atoms with van der Waals surface area (Å²) in [7, 11) is 4.96. The Morgan fingerprint density at radius 2 is 1.75 bits per heavy atom. The second kappa shape index (κ2) is 5.88. The quantitative estimate of drug-likeness (QED) is 0.804. The van der Waals surface area contributed by atoms with Gasteiger partial charge in [0, 0.05) is 19.7 Å². The highest BCUT2D eigenvalue weighted by atomic mass is 16.5. The fourth-order valence-electron chi connectivity index (χ4n) is 2.76. The fraction of sp³-hybridized carbons (Fsp3) is 0.222. The number of carbonyl (C=O) groups is 1. The van der Waals surface area contributed by atoms with Gasteiger partial charge in [-0.1, -0.05) is 6.07 Å². The molecule has 24 heavy (non-hydrogen) atoms. The number of carbonyl (C=O) groups excluding carboxylic acids is 1. The fourth-order valence-corrected chi connectivity index (χ4v) is 2.76. The molecular weight excluding hydrogens is 306 g/mol. The Hall–Kier alpha value is -3.02. The van der Waals surface area contributed by atoms with Crippen LogP contribution in [0.3, 0.4) is 0 Å². The summed E-state index contributed by atoms with van der Waals surface area (Å²) in [5.74, 6) is 0.347. The Morgan fingerprint density at radius 1 is 1.04 bits per heavy atom. The van der Waals surface area contributed by atoms with E-state index in [1.807, 2.05) is 25.1 Å². The first-order chi connectivity index (χ1) is 11.4. The van der Waals surface area contributed by atoms with Crippen LogP contribution >= 0.6 is 0 Å². The molecule has 0 fully saturated rings. The van der Waals surface area contributed by atoms with Gasteiger partial charge in [-0.2, -0.15) is 0 Å². The first-order valence-electron chi connectivity index (χ1n) is 7.54. The van der Waals surface area contributed by atoms with Crippen molar-refractivity contribution in [2.45, 2.75) is 6.92 Å². The SMILES string of the molecule is COc1ccc(C)cc1NC(=O)c1ccc2c(c1)n(C)c(=O)n2C. The first-order valence-corrected chi connectivity index (χ1v) is 7.54. The van der Waals surface area contributed by atoms with Crippen LogP contribution < -0.4 is 15.7 Å². The number of aromatic nitrogens is 2. The predicted molar refractivity (Wildman–Crippen MR) is 93.8 cm³/mol. The van der Waals surface area contributed by atoms with E-state index in [2.05, 4.69) is 5.32 Å². The molecule has 3 rings (SSSR count). The van der Waals surface area contributed by atoms with Crippen molar-refractivity contribution in [1.82, 2.24) is 9.13 Å². The minimum absolute atomic E-state index is 0.122. The molecule has 124 valence electrons. The van der Waals surface area contributed by atoms with Gasteiger partial charge in [-0.15, -0.1) is 0 Å². The third-order valence-corrected chi connectivity index (χ3v) is 4.14. The highest BCUT2D eigenvalue weighted by Crippen LogP contribution is 2.26. The Labute approximate surface area is 139 Å². The molecule has 1 aromatic heterocycles. The van der Waals surface area contributed by atoms with E-state index < -0.39 is 0 Å². The van der Waals surface area contributed by atoms with Crippen LogP contribution in [0.4, 0.5) is 5.69 Å². The zero-order chi connectivity index (χ0) is 17.4. The van der Waals surface area contributed by atoms with Gasteiger partial charge in [0.1, 0.15) is 5.75 Å². The second-order valence-corrected chi connectivity index (χ2v) is 5.76. The minimum Gasteiger partial charge on any atom is -0.495 e. The lowest BCUT2D eigenvalue weighted by molar-refractivity contribution is 0.102. The van der Waals surface area contributed by atoms with Gasteiger partial charge < -0.3 is 10.1 Å². The van der Waals surface area contributed by atoms with Crippen LogP contribution in [0.15, 0.2) is 41.2 Å². The number of aryl methyl sites for hydroxylation is 3. The summed E-state index contributed by atoms with van der Waals surface area (Å²) in [4.78, 5) is 24.6. The van der Waals surface area contributed by atoms with Crippen LogP contribution in [-0.2, 0) is 14.1 Å². The van der Waals surface area contributed by atoms with Crippen molar-refractivity contribution in [2.75, 3.05) is 12.4 Å².